The van der Waals surface area contributed by atoms with Crippen LogP contribution in [0.5, 0.6) is 17.2 Å². The number of carboxylic acid groups (broad SMARTS) is 1. The van der Waals surface area contributed by atoms with Gasteiger partial charge >= 0.3 is 5.97 Å². The van der Waals surface area contributed by atoms with Crippen LogP contribution < -0.4 is 10.5 Å². The van der Waals surface area contributed by atoms with E-state index in [-0.39, 0.29) is 12.2 Å². The van der Waals surface area contributed by atoms with E-state index in [0.29, 0.717) is 15.1 Å². The molecule has 2 aromatic carbocycles. The van der Waals surface area contributed by atoms with E-state index in [2.05, 4.69) is 45.2 Å². The summed E-state index contributed by atoms with van der Waals surface area (Å²) >= 11 is 6.37. The first-order valence-electron chi connectivity index (χ1n) is 6.82. The van der Waals surface area contributed by atoms with E-state index in [0.717, 1.165) is 18.3 Å². The van der Waals surface area contributed by atoms with Gasteiger partial charge in [0.05, 0.1) is 10.7 Å². The number of carboxylic acids is 1. The van der Waals surface area contributed by atoms with Crippen LogP contribution in [-0.4, -0.2) is 22.2 Å². The number of phenols is 1. The number of phenolic OH excluding ortho intramolecular Hbond substituents is 1. The van der Waals surface area contributed by atoms with Gasteiger partial charge in [-0.25, -0.2) is 0 Å². The van der Waals surface area contributed by atoms with Crippen molar-refractivity contribution >= 4 is 73.7 Å². The highest BCUT2D eigenvalue weighted by Gasteiger charge is 2.16. The summed E-state index contributed by atoms with van der Waals surface area (Å²) in [4.78, 5) is 10.9. The Labute approximate surface area is 180 Å². The van der Waals surface area contributed by atoms with Gasteiger partial charge in [0.25, 0.3) is 0 Å². The highest BCUT2D eigenvalue weighted by atomic mass is 127. The third-order valence-electron chi connectivity index (χ3n) is 3.29. The summed E-state index contributed by atoms with van der Waals surface area (Å²) in [6.45, 7) is 1.87. The Morgan fingerprint density at radius 3 is 2.29 bits per heavy atom. The predicted octanol–water partition coefficient (Wildman–Crippen LogP) is 4.26. The fraction of sp³-hybridized carbons (Fsp3) is 0.188. The largest absolute Gasteiger partial charge is 0.507 e. The standard InChI is InChI=1S/C16H14I3NO4/c1-7-2-13(21)9(17)6-14(7)24-15-10(18)3-8(4-11(15)19)5-12(20)16(22)23/h2-4,6,12,21H,5,20H2,1H3,(H,22,23)/t12-/m0/s1. The molecule has 1 atom stereocenters. The minimum Gasteiger partial charge on any atom is -0.507 e. The molecule has 0 heterocycles. The normalized spacial score (nSPS) is 12.0. The number of nitrogens with two attached hydrogens (primary N) is 1. The SMILES string of the molecule is Cc1cc(O)c(I)cc1Oc1c(I)cc(C[C@H](N)C(=O)O)cc1I. The molecule has 0 bridgehead atoms. The number of hydrogen-bond donors (Lipinski definition) is 3. The van der Waals surface area contributed by atoms with E-state index < -0.39 is 12.0 Å². The highest BCUT2D eigenvalue weighted by molar-refractivity contribution is 14.1. The number of halogens is 3. The Hall–Kier alpha value is -0.340. The molecule has 2 aromatic rings. The zero-order valence-electron chi connectivity index (χ0n) is 12.5. The molecule has 0 aromatic heterocycles. The van der Waals surface area contributed by atoms with E-state index in [9.17, 15) is 9.90 Å². The fourth-order valence-corrected chi connectivity index (χ4v) is 4.59. The van der Waals surface area contributed by atoms with Gasteiger partial charge in [-0.15, -0.1) is 0 Å². The van der Waals surface area contributed by atoms with Crippen molar-refractivity contribution in [2.24, 2.45) is 5.73 Å². The summed E-state index contributed by atoms with van der Waals surface area (Å²) < 4.78 is 8.49. The van der Waals surface area contributed by atoms with Gasteiger partial charge in [-0.05, 0) is 117 Å². The number of aliphatic carboxylic acids is 1. The maximum Gasteiger partial charge on any atom is 0.320 e. The number of rotatable bonds is 5. The van der Waals surface area contributed by atoms with Crippen LogP contribution in [0.2, 0.25) is 0 Å². The van der Waals surface area contributed by atoms with Crippen LogP contribution in [0.3, 0.4) is 0 Å². The molecular weight excluding hydrogens is 651 g/mol. The van der Waals surface area contributed by atoms with Crippen molar-refractivity contribution in [3.05, 3.63) is 46.1 Å². The summed E-state index contributed by atoms with van der Waals surface area (Å²) in [6, 6.07) is 6.27. The van der Waals surface area contributed by atoms with Crippen LogP contribution in [0.4, 0.5) is 0 Å². The molecule has 0 aliphatic heterocycles. The molecule has 128 valence electrons. The second-order valence-electron chi connectivity index (χ2n) is 5.21. The van der Waals surface area contributed by atoms with Gasteiger partial charge < -0.3 is 20.7 Å². The smallest absolute Gasteiger partial charge is 0.320 e. The lowest BCUT2D eigenvalue weighted by atomic mass is 10.1. The summed E-state index contributed by atoms with van der Waals surface area (Å²) in [5.41, 5.74) is 7.28. The Balaban J connectivity index is 2.32. The molecule has 0 aliphatic carbocycles. The minimum absolute atomic E-state index is 0.225. The van der Waals surface area contributed by atoms with Crippen molar-refractivity contribution in [3.8, 4) is 17.2 Å². The molecule has 4 N–H and O–H groups in total. The maximum atomic E-state index is 10.9. The quantitative estimate of drug-likeness (QED) is 0.416. The van der Waals surface area contributed by atoms with Crippen LogP contribution in [0.1, 0.15) is 11.1 Å². The summed E-state index contributed by atoms with van der Waals surface area (Å²) in [6.07, 6.45) is 0.262. The molecule has 0 unspecified atom stereocenters. The van der Waals surface area contributed by atoms with Gasteiger partial charge in [-0.1, -0.05) is 0 Å². The van der Waals surface area contributed by atoms with Gasteiger partial charge in [0.15, 0.2) is 5.75 Å². The maximum absolute atomic E-state index is 10.9. The van der Waals surface area contributed by atoms with Gasteiger partial charge in [-0.3, -0.25) is 4.79 Å². The van der Waals surface area contributed by atoms with E-state index >= 15 is 0 Å². The number of benzene rings is 2. The van der Waals surface area contributed by atoms with Crippen LogP contribution in [0, 0.1) is 17.6 Å². The van der Waals surface area contributed by atoms with Gasteiger partial charge in [0.1, 0.15) is 17.5 Å². The van der Waals surface area contributed by atoms with E-state index in [1.54, 1.807) is 12.1 Å². The van der Waals surface area contributed by atoms with Crippen molar-refractivity contribution in [3.63, 3.8) is 0 Å². The molecule has 0 fully saturated rings. The Kier molecular flexibility index (Phi) is 6.96. The fourth-order valence-electron chi connectivity index (χ4n) is 2.04. The minimum atomic E-state index is -1.02. The molecular formula is C16H14I3NO4. The van der Waals surface area contributed by atoms with Crippen molar-refractivity contribution in [1.82, 2.24) is 0 Å². The summed E-state index contributed by atoms with van der Waals surface area (Å²) in [5.74, 6) is 0.578. The van der Waals surface area contributed by atoms with Crippen LogP contribution in [0.15, 0.2) is 24.3 Å². The second-order valence-corrected chi connectivity index (χ2v) is 8.70. The average Bonchev–Trinajstić information content (AvgIpc) is 2.47. The van der Waals surface area contributed by atoms with Crippen LogP contribution >= 0.6 is 67.8 Å². The van der Waals surface area contributed by atoms with Crippen molar-refractivity contribution in [2.45, 2.75) is 19.4 Å². The lowest BCUT2D eigenvalue weighted by Crippen LogP contribution is -2.32. The summed E-state index contributed by atoms with van der Waals surface area (Å²) in [7, 11) is 0. The van der Waals surface area contributed by atoms with E-state index in [1.165, 1.54) is 0 Å². The third-order valence-corrected chi connectivity index (χ3v) is 5.75. The molecule has 24 heavy (non-hydrogen) atoms. The average molecular weight is 665 g/mol. The zero-order chi connectivity index (χ0) is 18.0. The van der Waals surface area contributed by atoms with Crippen molar-refractivity contribution < 1.29 is 19.7 Å². The molecule has 2 rings (SSSR count). The molecule has 0 amide bonds. The lowest BCUT2D eigenvalue weighted by molar-refractivity contribution is -0.138. The predicted molar refractivity (Wildman–Crippen MR) is 117 cm³/mol. The monoisotopic (exact) mass is 665 g/mol. The molecule has 0 spiro atoms. The van der Waals surface area contributed by atoms with E-state index in [4.69, 9.17) is 15.6 Å². The van der Waals surface area contributed by atoms with E-state index in [1.807, 2.05) is 41.6 Å². The number of aromatic hydroxyl groups is 1. The van der Waals surface area contributed by atoms with Gasteiger partial charge in [0, 0.05) is 0 Å². The first-order chi connectivity index (χ1) is 11.2. The number of carbonyl (C=O) groups is 1. The lowest BCUT2D eigenvalue weighted by Gasteiger charge is -2.15. The molecule has 0 saturated carbocycles. The summed E-state index contributed by atoms with van der Waals surface area (Å²) in [5, 5.41) is 18.7. The Morgan fingerprint density at radius 2 is 1.75 bits per heavy atom. The molecule has 5 nitrogen and oxygen atoms in total. The second kappa shape index (κ2) is 8.36. The zero-order valence-corrected chi connectivity index (χ0v) is 19.0. The van der Waals surface area contributed by atoms with Crippen LogP contribution in [0.25, 0.3) is 0 Å². The molecule has 8 heteroatoms. The molecule has 0 radical (unpaired) electrons. The molecule has 0 aliphatic rings. The topological polar surface area (TPSA) is 92.8 Å². The first kappa shape index (κ1) is 20.0. The highest BCUT2D eigenvalue weighted by Crippen LogP contribution is 2.36. The molecule has 0 saturated heterocycles. The Morgan fingerprint density at radius 1 is 1.17 bits per heavy atom. The number of hydrogen-bond acceptors (Lipinski definition) is 4. The number of ether oxygens (including phenoxy) is 1. The van der Waals surface area contributed by atoms with Crippen LogP contribution in [-0.2, 0) is 11.2 Å². The first-order valence-corrected chi connectivity index (χ1v) is 10.1. The van der Waals surface area contributed by atoms with Gasteiger partial charge in [-0.2, -0.15) is 0 Å². The van der Waals surface area contributed by atoms with Gasteiger partial charge in [0.2, 0.25) is 0 Å². The Bertz CT molecular complexity index is 772. The third kappa shape index (κ3) is 4.85. The van der Waals surface area contributed by atoms with Crippen molar-refractivity contribution in [1.29, 1.82) is 0 Å². The number of aryl methyl sites for hydroxylation is 1. The van der Waals surface area contributed by atoms with Crippen molar-refractivity contribution in [2.75, 3.05) is 0 Å².